The zero-order valence-electron chi connectivity index (χ0n) is 3.04. The molecule has 0 radical (unpaired) electrons. The van der Waals surface area contributed by atoms with E-state index in [2.05, 4.69) is 0 Å². The van der Waals surface area contributed by atoms with Gasteiger partial charge >= 0.3 is 21.1 Å². The maximum absolute atomic E-state index is 8.93. The van der Waals surface area contributed by atoms with E-state index in [1.807, 2.05) is 0 Å². The SMILES string of the molecule is O=C([O-])C(=O)[O-].[W+2]. The van der Waals surface area contributed by atoms with Crippen molar-refractivity contribution in [1.29, 1.82) is 0 Å². The molecule has 0 amide bonds. The minimum Gasteiger partial charge on any atom is -0.543 e. The largest absolute Gasteiger partial charge is 2.00 e. The molecule has 0 unspecified atom stereocenters. The number of carbonyl (C=O) groups is 2. The third kappa shape index (κ3) is 5.63. The molecule has 4 nitrogen and oxygen atoms in total. The van der Waals surface area contributed by atoms with Crippen molar-refractivity contribution in [3.63, 3.8) is 0 Å². The van der Waals surface area contributed by atoms with E-state index in [1.165, 1.54) is 0 Å². The van der Waals surface area contributed by atoms with Gasteiger partial charge in [0, 0.05) is 0 Å². The fraction of sp³-hybridized carbons (Fsp3) is 0. The van der Waals surface area contributed by atoms with Gasteiger partial charge in [0.25, 0.3) is 0 Å². The third-order valence-electron chi connectivity index (χ3n) is 0.167. The van der Waals surface area contributed by atoms with Gasteiger partial charge in [0.1, 0.15) is 0 Å². The van der Waals surface area contributed by atoms with Crippen molar-refractivity contribution >= 4 is 11.9 Å². The molecular weight excluding hydrogens is 272 g/mol. The minimum absolute atomic E-state index is 0. The average Bonchev–Trinajstić information content (AvgIpc) is 1.36. The summed E-state index contributed by atoms with van der Waals surface area (Å²) < 4.78 is 0. The standard InChI is InChI=1S/C2H2O4.W/c3-1(4)2(5)6;/h(H,3,4)(H,5,6);/q;+2/p-2. The van der Waals surface area contributed by atoms with E-state index >= 15 is 0 Å². The summed E-state index contributed by atoms with van der Waals surface area (Å²) in [5, 5.41) is 17.9. The van der Waals surface area contributed by atoms with Crippen molar-refractivity contribution in [3.8, 4) is 0 Å². The van der Waals surface area contributed by atoms with Crippen LogP contribution >= 0.6 is 0 Å². The quantitative estimate of drug-likeness (QED) is 0.428. The molecule has 0 aromatic heterocycles. The third-order valence-corrected chi connectivity index (χ3v) is 0.167. The first-order valence-electron chi connectivity index (χ1n) is 1.07. The van der Waals surface area contributed by atoms with E-state index in [9.17, 15) is 0 Å². The van der Waals surface area contributed by atoms with Gasteiger partial charge in [0.15, 0.2) is 0 Å². The number of carbonyl (C=O) groups excluding carboxylic acids is 2. The molecule has 7 heavy (non-hydrogen) atoms. The first-order valence-corrected chi connectivity index (χ1v) is 1.07. The smallest absolute Gasteiger partial charge is 0.543 e. The number of hydrogen-bond donors (Lipinski definition) is 0. The molecule has 0 saturated carbocycles. The van der Waals surface area contributed by atoms with Crippen LogP contribution in [0.3, 0.4) is 0 Å². The van der Waals surface area contributed by atoms with Gasteiger partial charge < -0.3 is 19.8 Å². The van der Waals surface area contributed by atoms with Crippen molar-refractivity contribution in [3.05, 3.63) is 0 Å². The summed E-state index contributed by atoms with van der Waals surface area (Å²) in [6.45, 7) is 0. The minimum atomic E-state index is -2.19. The van der Waals surface area contributed by atoms with Crippen molar-refractivity contribution in [2.45, 2.75) is 0 Å². The monoisotopic (exact) mass is 272 g/mol. The Kier molecular flexibility index (Phi) is 5.33. The molecule has 0 aromatic rings. The van der Waals surface area contributed by atoms with E-state index in [0.717, 1.165) is 0 Å². The van der Waals surface area contributed by atoms with Crippen LogP contribution in [0.4, 0.5) is 0 Å². The molecule has 0 heterocycles. The summed E-state index contributed by atoms with van der Waals surface area (Å²) in [6.07, 6.45) is 0. The topological polar surface area (TPSA) is 80.3 Å². The first-order chi connectivity index (χ1) is 2.64. The van der Waals surface area contributed by atoms with Gasteiger partial charge in [-0.3, -0.25) is 0 Å². The van der Waals surface area contributed by atoms with Gasteiger partial charge in [-0.15, -0.1) is 0 Å². The Morgan fingerprint density at radius 2 is 1.14 bits per heavy atom. The van der Waals surface area contributed by atoms with Gasteiger partial charge in [-0.2, -0.15) is 0 Å². The van der Waals surface area contributed by atoms with Crippen LogP contribution in [0, 0.1) is 0 Å². The zero-order chi connectivity index (χ0) is 5.15. The number of carboxylic acids is 2. The molecule has 0 atom stereocenters. The maximum Gasteiger partial charge on any atom is 2.00 e. The molecule has 0 spiro atoms. The molecule has 0 rings (SSSR count). The van der Waals surface area contributed by atoms with E-state index < -0.39 is 11.9 Å². The Labute approximate surface area is 53.4 Å². The van der Waals surface area contributed by atoms with Crippen LogP contribution in [0.1, 0.15) is 0 Å². The molecular formula is C2O4W. The van der Waals surface area contributed by atoms with Crippen LogP contribution in [0.15, 0.2) is 0 Å². The molecule has 0 N–H and O–H groups in total. The second-order valence-corrected chi connectivity index (χ2v) is 0.575. The summed E-state index contributed by atoms with van der Waals surface area (Å²) >= 11 is 0. The first kappa shape index (κ1) is 9.80. The van der Waals surface area contributed by atoms with Crippen LogP contribution in [-0.4, -0.2) is 11.9 Å². The molecule has 5 heteroatoms. The Bertz CT molecular complexity index is 75.7. The Morgan fingerprint density at radius 1 is 1.00 bits per heavy atom. The van der Waals surface area contributed by atoms with Gasteiger partial charge in [0.05, 0.1) is 11.9 Å². The van der Waals surface area contributed by atoms with Crippen molar-refractivity contribution < 1.29 is 40.9 Å². The number of hydrogen-bond acceptors (Lipinski definition) is 4. The van der Waals surface area contributed by atoms with E-state index in [1.54, 1.807) is 0 Å². The molecule has 0 bridgehead atoms. The average molecular weight is 272 g/mol. The second-order valence-electron chi connectivity index (χ2n) is 0.575. The van der Waals surface area contributed by atoms with Crippen molar-refractivity contribution in [1.82, 2.24) is 0 Å². The summed E-state index contributed by atoms with van der Waals surface area (Å²) in [4.78, 5) is 17.9. The fourth-order valence-electron chi connectivity index (χ4n) is 0. The molecule has 0 aliphatic rings. The van der Waals surface area contributed by atoms with Crippen LogP contribution in [0.2, 0.25) is 0 Å². The van der Waals surface area contributed by atoms with E-state index in [0.29, 0.717) is 0 Å². The summed E-state index contributed by atoms with van der Waals surface area (Å²) in [5.74, 6) is -4.37. The predicted molar refractivity (Wildman–Crippen MR) is 10.0 cm³/mol. The Morgan fingerprint density at radius 3 is 1.14 bits per heavy atom. The second kappa shape index (κ2) is 3.81. The molecule has 0 aliphatic carbocycles. The normalized spacial score (nSPS) is 6.29. The van der Waals surface area contributed by atoms with Crippen molar-refractivity contribution in [2.75, 3.05) is 0 Å². The van der Waals surface area contributed by atoms with Gasteiger partial charge in [-0.1, -0.05) is 0 Å². The fourth-order valence-corrected chi connectivity index (χ4v) is 0. The van der Waals surface area contributed by atoms with E-state index in [4.69, 9.17) is 19.8 Å². The number of carboxylic acid groups (broad SMARTS) is 2. The zero-order valence-corrected chi connectivity index (χ0v) is 5.97. The molecule has 0 saturated heterocycles. The molecule has 0 fully saturated rings. The van der Waals surface area contributed by atoms with Crippen molar-refractivity contribution in [2.24, 2.45) is 0 Å². The van der Waals surface area contributed by atoms with Crippen LogP contribution in [0.5, 0.6) is 0 Å². The van der Waals surface area contributed by atoms with Gasteiger partial charge in [-0.25, -0.2) is 0 Å². The number of rotatable bonds is 0. The summed E-state index contributed by atoms with van der Waals surface area (Å²) in [7, 11) is 0. The summed E-state index contributed by atoms with van der Waals surface area (Å²) in [6, 6.07) is 0. The molecule has 38 valence electrons. The Hall–Kier alpha value is -0.372. The van der Waals surface area contributed by atoms with E-state index in [-0.39, 0.29) is 21.1 Å². The summed E-state index contributed by atoms with van der Waals surface area (Å²) in [5.41, 5.74) is 0. The van der Waals surface area contributed by atoms with Crippen LogP contribution in [0.25, 0.3) is 0 Å². The van der Waals surface area contributed by atoms with Crippen LogP contribution in [-0.2, 0) is 30.7 Å². The number of aliphatic carboxylic acids is 2. The predicted octanol–water partition coefficient (Wildman–Crippen LogP) is -3.52. The van der Waals surface area contributed by atoms with Gasteiger partial charge in [0.2, 0.25) is 0 Å². The molecule has 0 aromatic carbocycles. The Balaban J connectivity index is 0. The van der Waals surface area contributed by atoms with Crippen LogP contribution < -0.4 is 10.2 Å². The maximum atomic E-state index is 8.93. The molecule has 0 aliphatic heterocycles. The van der Waals surface area contributed by atoms with Gasteiger partial charge in [-0.05, 0) is 0 Å².